The van der Waals surface area contributed by atoms with Gasteiger partial charge in [0.1, 0.15) is 0 Å². The zero-order chi connectivity index (χ0) is 10.6. The van der Waals surface area contributed by atoms with Crippen molar-refractivity contribution in [3.05, 3.63) is 26.8 Å². The first-order chi connectivity index (χ1) is 6.63. The van der Waals surface area contributed by atoms with Gasteiger partial charge in [-0.1, -0.05) is 11.6 Å². The molecule has 0 amide bonds. The SMILES string of the molecule is CCN=C(N)Nc1ccc(Cl)cc1I. The van der Waals surface area contributed by atoms with Crippen LogP contribution in [0.5, 0.6) is 0 Å². The van der Waals surface area contributed by atoms with E-state index in [1.54, 1.807) is 0 Å². The van der Waals surface area contributed by atoms with Gasteiger partial charge in [-0.2, -0.15) is 0 Å². The second-order valence-electron chi connectivity index (χ2n) is 2.61. The summed E-state index contributed by atoms with van der Waals surface area (Å²) in [4.78, 5) is 4.03. The van der Waals surface area contributed by atoms with E-state index in [-0.39, 0.29) is 0 Å². The number of benzene rings is 1. The Kier molecular flexibility index (Phi) is 4.47. The summed E-state index contributed by atoms with van der Waals surface area (Å²) in [6.07, 6.45) is 0. The van der Waals surface area contributed by atoms with E-state index in [2.05, 4.69) is 32.9 Å². The van der Waals surface area contributed by atoms with Gasteiger partial charge in [-0.3, -0.25) is 4.99 Å². The molecule has 3 nitrogen and oxygen atoms in total. The van der Waals surface area contributed by atoms with E-state index in [1.165, 1.54) is 0 Å². The van der Waals surface area contributed by atoms with E-state index in [4.69, 9.17) is 17.3 Å². The number of hydrogen-bond acceptors (Lipinski definition) is 1. The lowest BCUT2D eigenvalue weighted by Gasteiger charge is -2.07. The fraction of sp³-hybridized carbons (Fsp3) is 0.222. The van der Waals surface area contributed by atoms with Crippen LogP contribution in [-0.2, 0) is 0 Å². The van der Waals surface area contributed by atoms with Gasteiger partial charge >= 0.3 is 0 Å². The Balaban J connectivity index is 2.82. The number of halogens is 2. The third kappa shape index (κ3) is 3.34. The summed E-state index contributed by atoms with van der Waals surface area (Å²) in [7, 11) is 0. The van der Waals surface area contributed by atoms with Crippen LogP contribution in [0.25, 0.3) is 0 Å². The minimum absolute atomic E-state index is 0.424. The van der Waals surface area contributed by atoms with Gasteiger partial charge in [0.15, 0.2) is 5.96 Å². The first-order valence-electron chi connectivity index (χ1n) is 4.15. The third-order valence-corrected chi connectivity index (χ3v) is 2.65. The van der Waals surface area contributed by atoms with E-state index >= 15 is 0 Å². The van der Waals surface area contributed by atoms with Crippen molar-refractivity contribution in [3.8, 4) is 0 Å². The number of nitrogens with zero attached hydrogens (tertiary/aromatic N) is 1. The standard InChI is InChI=1S/C9H11ClIN3/c1-2-13-9(12)14-8-4-3-6(10)5-7(8)11/h3-5H,2H2,1H3,(H3,12,13,14). The molecule has 0 fully saturated rings. The molecule has 0 aromatic heterocycles. The van der Waals surface area contributed by atoms with Crippen molar-refractivity contribution in [3.63, 3.8) is 0 Å². The van der Waals surface area contributed by atoms with Crippen molar-refractivity contribution in [2.45, 2.75) is 6.92 Å². The molecule has 0 aliphatic rings. The van der Waals surface area contributed by atoms with E-state index < -0.39 is 0 Å². The van der Waals surface area contributed by atoms with Crippen LogP contribution >= 0.6 is 34.2 Å². The summed E-state index contributed by atoms with van der Waals surface area (Å²) in [6.45, 7) is 2.60. The summed E-state index contributed by atoms with van der Waals surface area (Å²) in [5.41, 5.74) is 6.55. The number of nitrogens with two attached hydrogens (primary N) is 1. The van der Waals surface area contributed by atoms with Crippen molar-refractivity contribution in [1.29, 1.82) is 0 Å². The molecule has 0 radical (unpaired) electrons. The van der Waals surface area contributed by atoms with Gasteiger partial charge in [0, 0.05) is 15.1 Å². The molecule has 0 unspecified atom stereocenters. The predicted molar refractivity (Wildman–Crippen MR) is 70.0 cm³/mol. The van der Waals surface area contributed by atoms with E-state index in [0.717, 1.165) is 9.26 Å². The number of nitrogens with one attached hydrogen (secondary N) is 1. The van der Waals surface area contributed by atoms with Crippen LogP contribution in [-0.4, -0.2) is 12.5 Å². The van der Waals surface area contributed by atoms with Crippen LogP contribution in [0.4, 0.5) is 5.69 Å². The molecule has 5 heteroatoms. The number of rotatable bonds is 2. The molecular formula is C9H11ClIN3. The maximum absolute atomic E-state index is 5.82. The summed E-state index contributed by atoms with van der Waals surface area (Å²) < 4.78 is 1.02. The molecule has 0 saturated heterocycles. The highest BCUT2D eigenvalue weighted by atomic mass is 127. The minimum atomic E-state index is 0.424. The van der Waals surface area contributed by atoms with Crippen LogP contribution in [0, 0.1) is 3.57 Å². The van der Waals surface area contributed by atoms with E-state index in [9.17, 15) is 0 Å². The average molecular weight is 324 g/mol. The van der Waals surface area contributed by atoms with Gasteiger partial charge in [-0.05, 0) is 47.7 Å². The topological polar surface area (TPSA) is 50.4 Å². The Labute approximate surface area is 102 Å². The summed E-state index contributed by atoms with van der Waals surface area (Å²) in [5, 5.41) is 3.71. The normalized spacial score (nSPS) is 11.5. The third-order valence-electron chi connectivity index (χ3n) is 1.52. The van der Waals surface area contributed by atoms with Gasteiger partial charge < -0.3 is 11.1 Å². The van der Waals surface area contributed by atoms with Crippen molar-refractivity contribution >= 4 is 45.8 Å². The Morgan fingerprint density at radius 3 is 2.93 bits per heavy atom. The zero-order valence-corrected chi connectivity index (χ0v) is 10.6. The van der Waals surface area contributed by atoms with Crippen molar-refractivity contribution in [1.82, 2.24) is 0 Å². The lowest BCUT2D eigenvalue weighted by molar-refractivity contribution is 1.12. The van der Waals surface area contributed by atoms with Crippen molar-refractivity contribution < 1.29 is 0 Å². The summed E-state index contributed by atoms with van der Waals surface area (Å²) in [6, 6.07) is 5.55. The second kappa shape index (κ2) is 5.41. The monoisotopic (exact) mass is 323 g/mol. The zero-order valence-electron chi connectivity index (χ0n) is 7.72. The molecular weight excluding hydrogens is 312 g/mol. The Bertz CT molecular complexity index is 352. The lowest BCUT2D eigenvalue weighted by atomic mass is 10.3. The van der Waals surface area contributed by atoms with Crippen LogP contribution in [0.15, 0.2) is 23.2 Å². The number of hydrogen-bond donors (Lipinski definition) is 2. The quantitative estimate of drug-likeness (QED) is 0.499. The highest BCUT2D eigenvalue weighted by Gasteiger charge is 2.00. The molecule has 0 saturated carbocycles. The largest absolute Gasteiger partial charge is 0.370 e. The van der Waals surface area contributed by atoms with Gasteiger partial charge in [-0.25, -0.2) is 0 Å². The molecule has 3 N–H and O–H groups in total. The molecule has 76 valence electrons. The van der Waals surface area contributed by atoms with Crippen LogP contribution in [0.2, 0.25) is 5.02 Å². The Morgan fingerprint density at radius 1 is 1.64 bits per heavy atom. The Morgan fingerprint density at radius 2 is 2.36 bits per heavy atom. The predicted octanol–water partition coefficient (Wildman–Crippen LogP) is 2.69. The van der Waals surface area contributed by atoms with Crippen LogP contribution in [0.3, 0.4) is 0 Å². The van der Waals surface area contributed by atoms with Gasteiger partial charge in [0.2, 0.25) is 0 Å². The fourth-order valence-electron chi connectivity index (χ4n) is 0.939. The smallest absolute Gasteiger partial charge is 0.193 e. The maximum Gasteiger partial charge on any atom is 0.193 e. The maximum atomic E-state index is 5.82. The summed E-state index contributed by atoms with van der Waals surface area (Å²) >= 11 is 8.01. The molecule has 0 aliphatic carbocycles. The highest BCUT2D eigenvalue weighted by molar-refractivity contribution is 14.1. The van der Waals surface area contributed by atoms with Gasteiger partial charge in [0.05, 0.1) is 5.69 Å². The Hall–Kier alpha value is -0.490. The molecule has 1 aromatic carbocycles. The van der Waals surface area contributed by atoms with Gasteiger partial charge in [0.25, 0.3) is 0 Å². The van der Waals surface area contributed by atoms with Crippen molar-refractivity contribution in [2.75, 3.05) is 11.9 Å². The molecule has 0 bridgehead atoms. The first kappa shape index (κ1) is 11.6. The highest BCUT2D eigenvalue weighted by Crippen LogP contribution is 2.21. The second-order valence-corrected chi connectivity index (χ2v) is 4.21. The van der Waals surface area contributed by atoms with Crippen LogP contribution in [0.1, 0.15) is 6.92 Å². The minimum Gasteiger partial charge on any atom is -0.370 e. The van der Waals surface area contributed by atoms with Crippen molar-refractivity contribution in [2.24, 2.45) is 10.7 Å². The molecule has 0 spiro atoms. The number of aliphatic imine (C=N–C) groups is 1. The number of anilines is 1. The summed E-state index contributed by atoms with van der Waals surface area (Å²) in [5.74, 6) is 0.424. The van der Waals surface area contributed by atoms with Gasteiger partial charge in [-0.15, -0.1) is 0 Å². The number of guanidine groups is 1. The fourth-order valence-corrected chi connectivity index (χ4v) is 1.95. The van der Waals surface area contributed by atoms with E-state index in [1.807, 2.05) is 25.1 Å². The molecule has 0 heterocycles. The molecule has 14 heavy (non-hydrogen) atoms. The first-order valence-corrected chi connectivity index (χ1v) is 5.61. The van der Waals surface area contributed by atoms with E-state index in [0.29, 0.717) is 17.5 Å². The molecule has 1 aromatic rings. The molecule has 0 aliphatic heterocycles. The van der Waals surface area contributed by atoms with Crippen LogP contribution < -0.4 is 11.1 Å². The molecule has 1 rings (SSSR count). The molecule has 0 atom stereocenters. The average Bonchev–Trinajstić information content (AvgIpc) is 2.10. The lowest BCUT2D eigenvalue weighted by Crippen LogP contribution is -2.23.